The first-order chi connectivity index (χ1) is 39.0. The molecule has 0 aromatic heterocycles. The van der Waals surface area contributed by atoms with Crippen LogP contribution in [-0.2, 0) is 18.4 Å². The molecule has 0 rings (SSSR count). The highest BCUT2D eigenvalue weighted by Crippen LogP contribution is 2.38. The Hall–Kier alpha value is -3.10. The number of nitrogens with zero attached hydrogens (tertiary/aromatic N) is 1. The van der Waals surface area contributed by atoms with E-state index in [4.69, 9.17) is 9.05 Å². The number of nitrogens with one attached hydrogen (secondary N) is 1. The van der Waals surface area contributed by atoms with Crippen molar-refractivity contribution in [2.45, 2.75) is 283 Å². The second-order valence-corrected chi connectivity index (χ2v) is 24.5. The van der Waals surface area contributed by atoms with Crippen molar-refractivity contribution in [1.82, 2.24) is 5.32 Å². The molecule has 2 N–H and O–H groups in total. The highest BCUT2D eigenvalue weighted by molar-refractivity contribution is 7.45. The van der Waals surface area contributed by atoms with Crippen LogP contribution in [0.2, 0.25) is 0 Å². The molecular weight excluding hydrogens is 1010 g/mol. The molecule has 8 nitrogen and oxygen atoms in total. The van der Waals surface area contributed by atoms with Crippen molar-refractivity contribution in [3.05, 3.63) is 122 Å². The zero-order valence-corrected chi connectivity index (χ0v) is 53.4. The minimum absolute atomic E-state index is 0.00603. The monoisotopic (exact) mass is 1130 g/mol. The van der Waals surface area contributed by atoms with E-state index in [1.165, 1.54) is 148 Å². The molecular formula is C71H125N2O6P. The number of allylic oxidation sites excluding steroid dienone is 19. The summed E-state index contributed by atoms with van der Waals surface area (Å²) in [6, 6.07) is -0.896. The van der Waals surface area contributed by atoms with Gasteiger partial charge in [-0.3, -0.25) is 9.36 Å². The van der Waals surface area contributed by atoms with Crippen LogP contribution in [0.1, 0.15) is 271 Å². The van der Waals surface area contributed by atoms with E-state index in [-0.39, 0.29) is 19.1 Å². The minimum atomic E-state index is -4.61. The summed E-state index contributed by atoms with van der Waals surface area (Å²) in [5, 5.41) is 13.9. The predicted octanol–water partition coefficient (Wildman–Crippen LogP) is 20.2. The van der Waals surface area contributed by atoms with Crippen molar-refractivity contribution in [2.75, 3.05) is 40.9 Å². The lowest BCUT2D eigenvalue weighted by atomic mass is 10.0. The summed E-state index contributed by atoms with van der Waals surface area (Å²) in [5.41, 5.74) is 0. The van der Waals surface area contributed by atoms with E-state index in [2.05, 4.69) is 129 Å². The van der Waals surface area contributed by atoms with Gasteiger partial charge in [-0.1, -0.05) is 296 Å². The van der Waals surface area contributed by atoms with Gasteiger partial charge in [-0.15, -0.1) is 0 Å². The first-order valence-corrected chi connectivity index (χ1v) is 34.4. The quantitative estimate of drug-likeness (QED) is 0.0272. The van der Waals surface area contributed by atoms with Crippen LogP contribution in [0, 0.1) is 0 Å². The Labute approximate surface area is 494 Å². The van der Waals surface area contributed by atoms with Gasteiger partial charge in [-0.25, -0.2) is 0 Å². The fraction of sp³-hybridized carbons (Fsp3) is 0.704. The third-order valence-electron chi connectivity index (χ3n) is 14.2. The fourth-order valence-corrected chi connectivity index (χ4v) is 9.81. The molecule has 0 aromatic carbocycles. The molecule has 0 radical (unpaired) electrons. The van der Waals surface area contributed by atoms with Crippen molar-refractivity contribution < 1.29 is 32.9 Å². The van der Waals surface area contributed by atoms with Gasteiger partial charge in [0.2, 0.25) is 5.91 Å². The molecule has 0 aromatic rings. The number of phosphoric acid groups is 1. The number of likely N-dealkylation sites (N-methyl/N-ethyl adjacent to an activating group) is 1. The highest BCUT2D eigenvalue weighted by atomic mass is 31.2. The van der Waals surface area contributed by atoms with Crippen LogP contribution >= 0.6 is 7.82 Å². The molecule has 0 saturated carbocycles. The summed E-state index contributed by atoms with van der Waals surface area (Å²) in [6.07, 6.45) is 90.0. The van der Waals surface area contributed by atoms with E-state index in [0.717, 1.165) is 103 Å². The van der Waals surface area contributed by atoms with E-state index in [1.807, 2.05) is 27.2 Å². The lowest BCUT2D eigenvalue weighted by molar-refractivity contribution is -0.870. The van der Waals surface area contributed by atoms with Crippen LogP contribution in [0.4, 0.5) is 0 Å². The molecule has 0 heterocycles. The molecule has 0 aliphatic heterocycles. The summed E-state index contributed by atoms with van der Waals surface area (Å²) in [5.74, 6) is -0.203. The van der Waals surface area contributed by atoms with Gasteiger partial charge < -0.3 is 28.8 Å². The number of phosphoric ester groups is 1. The molecule has 0 fully saturated rings. The van der Waals surface area contributed by atoms with Crippen molar-refractivity contribution in [3.8, 4) is 0 Å². The molecule has 9 heteroatoms. The van der Waals surface area contributed by atoms with E-state index in [0.29, 0.717) is 17.4 Å². The summed E-state index contributed by atoms with van der Waals surface area (Å²) in [4.78, 5) is 25.6. The molecule has 3 atom stereocenters. The zero-order valence-electron chi connectivity index (χ0n) is 52.5. The van der Waals surface area contributed by atoms with Crippen molar-refractivity contribution >= 4 is 13.7 Å². The van der Waals surface area contributed by atoms with Crippen LogP contribution in [0.3, 0.4) is 0 Å². The number of carbonyl (C=O) groups excluding carboxylic acids is 1. The van der Waals surface area contributed by atoms with Gasteiger partial charge in [0.25, 0.3) is 7.82 Å². The van der Waals surface area contributed by atoms with Gasteiger partial charge in [0.15, 0.2) is 0 Å². The van der Waals surface area contributed by atoms with E-state index >= 15 is 0 Å². The summed E-state index contributed by atoms with van der Waals surface area (Å²) < 4.78 is 23.4. The van der Waals surface area contributed by atoms with Gasteiger partial charge in [-0.05, 0) is 89.9 Å². The van der Waals surface area contributed by atoms with Gasteiger partial charge in [0.05, 0.1) is 39.9 Å². The van der Waals surface area contributed by atoms with Crippen LogP contribution in [-0.4, -0.2) is 68.5 Å². The average molecular weight is 1130 g/mol. The number of aliphatic hydroxyl groups excluding tert-OH is 1. The van der Waals surface area contributed by atoms with Crippen LogP contribution < -0.4 is 10.2 Å². The van der Waals surface area contributed by atoms with Crippen LogP contribution in [0.15, 0.2) is 122 Å². The maximum Gasteiger partial charge on any atom is 0.268 e. The Bertz CT molecular complexity index is 1720. The van der Waals surface area contributed by atoms with E-state index < -0.39 is 20.0 Å². The Morgan fingerprint density at radius 1 is 0.450 bits per heavy atom. The molecule has 0 saturated heterocycles. The molecule has 1 amide bonds. The van der Waals surface area contributed by atoms with E-state index in [9.17, 15) is 19.4 Å². The zero-order chi connectivity index (χ0) is 58.4. The number of amides is 1. The maximum atomic E-state index is 13.0. The van der Waals surface area contributed by atoms with Crippen molar-refractivity contribution in [3.63, 3.8) is 0 Å². The molecule has 460 valence electrons. The molecule has 0 bridgehead atoms. The van der Waals surface area contributed by atoms with Crippen molar-refractivity contribution in [2.24, 2.45) is 0 Å². The topological polar surface area (TPSA) is 108 Å². The Morgan fingerprint density at radius 3 is 1.11 bits per heavy atom. The lowest BCUT2D eigenvalue weighted by Gasteiger charge is -2.29. The van der Waals surface area contributed by atoms with E-state index in [1.54, 1.807) is 6.08 Å². The summed E-state index contributed by atoms with van der Waals surface area (Å²) in [7, 11) is 1.25. The first kappa shape index (κ1) is 76.9. The average Bonchev–Trinajstić information content (AvgIpc) is 3.42. The minimum Gasteiger partial charge on any atom is -0.756 e. The summed E-state index contributed by atoms with van der Waals surface area (Å²) >= 11 is 0. The first-order valence-electron chi connectivity index (χ1n) is 32.9. The van der Waals surface area contributed by atoms with Crippen LogP contribution in [0.25, 0.3) is 0 Å². The number of rotatable bonds is 59. The lowest BCUT2D eigenvalue weighted by Crippen LogP contribution is -2.45. The number of hydrogen-bond donors (Lipinski definition) is 2. The Balaban J connectivity index is 4.11. The predicted molar refractivity (Wildman–Crippen MR) is 348 cm³/mol. The number of hydrogen-bond acceptors (Lipinski definition) is 6. The normalized spacial score (nSPS) is 14.5. The molecule has 3 unspecified atom stereocenters. The third kappa shape index (κ3) is 62.5. The van der Waals surface area contributed by atoms with Crippen molar-refractivity contribution in [1.29, 1.82) is 0 Å². The second kappa shape index (κ2) is 60.5. The van der Waals surface area contributed by atoms with Gasteiger partial charge in [0, 0.05) is 6.42 Å². The molecule has 80 heavy (non-hydrogen) atoms. The highest BCUT2D eigenvalue weighted by Gasteiger charge is 2.23. The van der Waals surface area contributed by atoms with Gasteiger partial charge >= 0.3 is 0 Å². The maximum absolute atomic E-state index is 13.0. The van der Waals surface area contributed by atoms with Gasteiger partial charge in [0.1, 0.15) is 13.2 Å². The number of quaternary nitrogens is 1. The number of unbranched alkanes of at least 4 members (excludes halogenated alkanes) is 28. The smallest absolute Gasteiger partial charge is 0.268 e. The number of aliphatic hydroxyl groups is 1. The second-order valence-electron chi connectivity index (χ2n) is 23.1. The molecule has 0 spiro atoms. The molecule has 0 aliphatic rings. The van der Waals surface area contributed by atoms with Crippen LogP contribution in [0.5, 0.6) is 0 Å². The standard InChI is InChI=1S/C71H125N2O6P/c1-6-8-10-12-14-16-18-20-22-24-26-27-28-29-30-31-32-33-34-35-36-37-38-39-40-41-42-43-44-45-47-49-51-53-55-57-59-61-63-65-71(75)72-69(68-79-80(76,77)78-67-66-73(3,4)5)70(74)64-62-60-58-56-54-52-50-48-46-25-23-21-19-17-15-13-11-9-7-2/h8,10,14,16,20,22,26-27,29-30,32-33,35-36,38-39,41-42,62,64,69-70,74H,6-7,9,11-13,15,17-19,21,23-25,28,31,34,37,40,43-61,63,65-68H2,1-5H3,(H-,72,75,76,77)/b10-8-,16-14-,22-20-,27-26-,30-29-,33-32-,36-35-,39-38-,42-41-,64-62+. The SMILES string of the molecule is CC/C=C\C/C=C\C/C=C\C/C=C\C/C=C\C/C=C\C/C=C\C/C=C\C/C=C\CCCCCCCCCCCCCC(=O)NC(COP(=O)([O-])OCC[N+](C)(C)C)C(O)/C=C/CCCCCCCCCCCCCCCCCCC. The Morgan fingerprint density at radius 2 is 0.762 bits per heavy atom. The Kier molecular flexibility index (Phi) is 58.1. The molecule has 0 aliphatic carbocycles. The summed E-state index contributed by atoms with van der Waals surface area (Å²) in [6.45, 7) is 4.54. The third-order valence-corrected chi connectivity index (χ3v) is 15.1. The largest absolute Gasteiger partial charge is 0.756 e. The number of carbonyl (C=O) groups is 1. The van der Waals surface area contributed by atoms with Gasteiger partial charge in [-0.2, -0.15) is 0 Å². The fourth-order valence-electron chi connectivity index (χ4n) is 9.09.